The van der Waals surface area contributed by atoms with E-state index in [2.05, 4.69) is 44.9 Å². The third kappa shape index (κ3) is 4.36. The van der Waals surface area contributed by atoms with E-state index in [1.54, 1.807) is 0 Å². The molecule has 0 atom stereocenters. The standard InChI is InChI=1S/C22H19ClN4/c23-17-9-6-10-18(15-17)25-21-19-11-4-5-12-20(19)26-22(27-21)24-14-13-16-7-2-1-3-8-16/h1-12,15H,13-14H2,(H2,24,25,26,27). The van der Waals surface area contributed by atoms with Crippen LogP contribution in [0.1, 0.15) is 5.56 Å². The predicted molar refractivity (Wildman–Crippen MR) is 113 cm³/mol. The largest absolute Gasteiger partial charge is 0.354 e. The number of benzene rings is 3. The minimum absolute atomic E-state index is 0.606. The third-order valence-corrected chi connectivity index (χ3v) is 4.47. The maximum atomic E-state index is 6.10. The van der Waals surface area contributed by atoms with Crippen molar-refractivity contribution in [3.8, 4) is 0 Å². The van der Waals surface area contributed by atoms with E-state index in [0.717, 1.165) is 35.4 Å². The molecular weight excluding hydrogens is 356 g/mol. The Labute approximate surface area is 163 Å². The van der Waals surface area contributed by atoms with E-state index in [-0.39, 0.29) is 0 Å². The van der Waals surface area contributed by atoms with Gasteiger partial charge in [-0.2, -0.15) is 4.98 Å². The van der Waals surface area contributed by atoms with Crippen molar-refractivity contribution in [1.29, 1.82) is 0 Å². The van der Waals surface area contributed by atoms with Crippen LogP contribution in [0.5, 0.6) is 0 Å². The Balaban J connectivity index is 1.58. The van der Waals surface area contributed by atoms with Crippen molar-refractivity contribution < 1.29 is 0 Å². The van der Waals surface area contributed by atoms with Gasteiger partial charge in [-0.15, -0.1) is 0 Å². The molecule has 134 valence electrons. The summed E-state index contributed by atoms with van der Waals surface area (Å²) in [6, 6.07) is 25.9. The van der Waals surface area contributed by atoms with Gasteiger partial charge < -0.3 is 10.6 Å². The lowest BCUT2D eigenvalue weighted by Crippen LogP contribution is -2.09. The second-order valence-electron chi connectivity index (χ2n) is 6.21. The number of anilines is 3. The zero-order valence-corrected chi connectivity index (χ0v) is 15.4. The number of hydrogen-bond acceptors (Lipinski definition) is 4. The van der Waals surface area contributed by atoms with Gasteiger partial charge in [-0.1, -0.05) is 60.1 Å². The summed E-state index contributed by atoms with van der Waals surface area (Å²) in [5.74, 6) is 1.36. The Hall–Kier alpha value is -3.11. The van der Waals surface area contributed by atoms with Gasteiger partial charge in [0.25, 0.3) is 0 Å². The minimum atomic E-state index is 0.606. The van der Waals surface area contributed by atoms with E-state index in [1.165, 1.54) is 5.56 Å². The molecule has 0 fully saturated rings. The molecule has 0 amide bonds. The molecule has 1 aromatic heterocycles. The van der Waals surface area contributed by atoms with Gasteiger partial charge in [0.15, 0.2) is 0 Å². The average molecular weight is 375 g/mol. The van der Waals surface area contributed by atoms with Gasteiger partial charge in [-0.3, -0.25) is 0 Å². The third-order valence-electron chi connectivity index (χ3n) is 4.23. The summed E-state index contributed by atoms with van der Waals surface area (Å²) in [5.41, 5.74) is 3.06. The first-order valence-electron chi connectivity index (χ1n) is 8.85. The molecule has 1 heterocycles. The monoisotopic (exact) mass is 374 g/mol. The van der Waals surface area contributed by atoms with Crippen LogP contribution in [0.15, 0.2) is 78.9 Å². The van der Waals surface area contributed by atoms with Crippen LogP contribution < -0.4 is 10.6 Å². The lowest BCUT2D eigenvalue weighted by Gasteiger charge is -2.12. The summed E-state index contributed by atoms with van der Waals surface area (Å²) in [4.78, 5) is 9.32. The molecule has 0 saturated heterocycles. The number of nitrogens with zero attached hydrogens (tertiary/aromatic N) is 2. The highest BCUT2D eigenvalue weighted by Crippen LogP contribution is 2.26. The van der Waals surface area contributed by atoms with Crippen LogP contribution in [0, 0.1) is 0 Å². The number of aromatic nitrogens is 2. The molecule has 3 aromatic carbocycles. The van der Waals surface area contributed by atoms with E-state index in [1.807, 2.05) is 54.6 Å². The van der Waals surface area contributed by atoms with E-state index < -0.39 is 0 Å². The maximum Gasteiger partial charge on any atom is 0.225 e. The van der Waals surface area contributed by atoms with Gasteiger partial charge in [0, 0.05) is 22.6 Å². The summed E-state index contributed by atoms with van der Waals surface area (Å²) in [6.45, 7) is 0.763. The molecular formula is C22H19ClN4. The lowest BCUT2D eigenvalue weighted by molar-refractivity contribution is 0.991. The Morgan fingerprint density at radius 2 is 1.63 bits per heavy atom. The summed E-state index contributed by atoms with van der Waals surface area (Å²) in [5, 5.41) is 8.34. The van der Waals surface area contributed by atoms with Gasteiger partial charge in [-0.05, 0) is 42.3 Å². The highest BCUT2D eigenvalue weighted by molar-refractivity contribution is 6.30. The van der Waals surface area contributed by atoms with Crippen LogP contribution in [0.4, 0.5) is 17.5 Å². The molecule has 0 unspecified atom stereocenters. The zero-order chi connectivity index (χ0) is 18.5. The number of hydrogen-bond donors (Lipinski definition) is 2. The van der Waals surface area contributed by atoms with Gasteiger partial charge >= 0.3 is 0 Å². The van der Waals surface area contributed by atoms with Crippen LogP contribution in [-0.4, -0.2) is 16.5 Å². The fourth-order valence-electron chi connectivity index (χ4n) is 2.92. The van der Waals surface area contributed by atoms with Crippen molar-refractivity contribution >= 4 is 40.0 Å². The quantitative estimate of drug-likeness (QED) is 0.455. The second-order valence-corrected chi connectivity index (χ2v) is 6.65. The smallest absolute Gasteiger partial charge is 0.225 e. The summed E-state index contributed by atoms with van der Waals surface area (Å²) in [7, 11) is 0. The van der Waals surface area contributed by atoms with Gasteiger partial charge in [0.1, 0.15) is 5.82 Å². The minimum Gasteiger partial charge on any atom is -0.354 e. The average Bonchev–Trinajstić information content (AvgIpc) is 2.69. The van der Waals surface area contributed by atoms with Crippen molar-refractivity contribution in [3.63, 3.8) is 0 Å². The number of halogens is 1. The molecule has 4 rings (SSSR count). The lowest BCUT2D eigenvalue weighted by atomic mass is 10.1. The Kier molecular flexibility index (Phi) is 5.17. The zero-order valence-electron chi connectivity index (χ0n) is 14.7. The molecule has 4 aromatic rings. The predicted octanol–water partition coefficient (Wildman–Crippen LogP) is 5.68. The number of fused-ring (bicyclic) bond motifs is 1. The van der Waals surface area contributed by atoms with Crippen LogP contribution in [0.3, 0.4) is 0 Å². The molecule has 4 nitrogen and oxygen atoms in total. The Morgan fingerprint density at radius 3 is 2.48 bits per heavy atom. The van der Waals surface area contributed by atoms with E-state index in [4.69, 9.17) is 11.6 Å². The number of para-hydroxylation sites is 1. The molecule has 2 N–H and O–H groups in total. The molecule has 27 heavy (non-hydrogen) atoms. The van der Waals surface area contributed by atoms with Gasteiger partial charge in [0.05, 0.1) is 5.52 Å². The fraction of sp³-hybridized carbons (Fsp3) is 0.0909. The number of nitrogens with one attached hydrogen (secondary N) is 2. The first-order valence-corrected chi connectivity index (χ1v) is 9.23. The topological polar surface area (TPSA) is 49.8 Å². The van der Waals surface area contributed by atoms with Crippen LogP contribution in [0.25, 0.3) is 10.9 Å². The second kappa shape index (κ2) is 8.06. The maximum absolute atomic E-state index is 6.10. The van der Waals surface area contributed by atoms with Crippen LogP contribution in [-0.2, 0) is 6.42 Å². The molecule has 0 spiro atoms. The van der Waals surface area contributed by atoms with Gasteiger partial charge in [0.2, 0.25) is 5.95 Å². The van der Waals surface area contributed by atoms with Crippen molar-refractivity contribution in [2.75, 3.05) is 17.2 Å². The summed E-state index contributed by atoms with van der Waals surface area (Å²) in [6.07, 6.45) is 0.911. The Bertz CT molecular complexity index is 1050. The fourth-order valence-corrected chi connectivity index (χ4v) is 3.11. The van der Waals surface area contributed by atoms with Crippen molar-refractivity contribution in [1.82, 2.24) is 9.97 Å². The Morgan fingerprint density at radius 1 is 0.815 bits per heavy atom. The van der Waals surface area contributed by atoms with E-state index in [9.17, 15) is 0 Å². The first kappa shape index (κ1) is 17.3. The SMILES string of the molecule is Clc1cccc(Nc2nc(NCCc3ccccc3)nc3ccccc23)c1. The highest BCUT2D eigenvalue weighted by Gasteiger charge is 2.08. The molecule has 0 radical (unpaired) electrons. The van der Waals surface area contributed by atoms with E-state index in [0.29, 0.717) is 11.0 Å². The first-order chi connectivity index (χ1) is 13.3. The molecule has 0 aliphatic carbocycles. The molecule has 0 saturated carbocycles. The number of rotatable bonds is 6. The van der Waals surface area contributed by atoms with Crippen LogP contribution in [0.2, 0.25) is 5.02 Å². The summed E-state index contributed by atoms with van der Waals surface area (Å²) >= 11 is 6.10. The summed E-state index contributed by atoms with van der Waals surface area (Å²) < 4.78 is 0. The van der Waals surface area contributed by atoms with Crippen molar-refractivity contribution in [3.05, 3.63) is 89.4 Å². The molecule has 0 aliphatic rings. The normalized spacial score (nSPS) is 10.7. The van der Waals surface area contributed by atoms with Crippen molar-refractivity contribution in [2.45, 2.75) is 6.42 Å². The molecule has 5 heteroatoms. The molecule has 0 bridgehead atoms. The van der Waals surface area contributed by atoms with E-state index >= 15 is 0 Å². The van der Waals surface area contributed by atoms with Crippen molar-refractivity contribution in [2.24, 2.45) is 0 Å². The highest BCUT2D eigenvalue weighted by atomic mass is 35.5. The van der Waals surface area contributed by atoms with Gasteiger partial charge in [-0.25, -0.2) is 4.98 Å². The van der Waals surface area contributed by atoms with Crippen LogP contribution >= 0.6 is 11.6 Å². The molecule has 0 aliphatic heterocycles.